The second-order valence-electron chi connectivity index (χ2n) is 6.42. The van der Waals surface area contributed by atoms with Gasteiger partial charge in [0.2, 0.25) is 5.91 Å². The molecule has 1 aromatic heterocycles. The maximum Gasteiger partial charge on any atom is 0.277 e. The molecule has 0 N–H and O–H groups in total. The predicted octanol–water partition coefficient (Wildman–Crippen LogP) is 4.18. The molecule has 1 aliphatic heterocycles. The molecule has 0 radical (unpaired) electrons. The Morgan fingerprint density at radius 2 is 1.96 bits per heavy atom. The van der Waals surface area contributed by atoms with Crippen molar-refractivity contribution in [2.45, 2.75) is 57.0 Å². The second kappa shape index (κ2) is 8.77. The van der Waals surface area contributed by atoms with Gasteiger partial charge >= 0.3 is 0 Å². The fourth-order valence-corrected chi connectivity index (χ4v) is 3.92. The minimum Gasteiger partial charge on any atom is -0.484 e. The van der Waals surface area contributed by atoms with Crippen molar-refractivity contribution in [1.82, 2.24) is 15.1 Å². The molecule has 3 rings (SSSR count). The maximum atomic E-state index is 12.5. The van der Waals surface area contributed by atoms with E-state index in [4.69, 9.17) is 20.8 Å². The van der Waals surface area contributed by atoms with Crippen LogP contribution in [0, 0.1) is 0 Å². The van der Waals surface area contributed by atoms with Crippen LogP contribution in [0.1, 0.15) is 39.0 Å². The van der Waals surface area contributed by atoms with Gasteiger partial charge in [-0.05, 0) is 57.4 Å². The van der Waals surface area contributed by atoms with Gasteiger partial charge in [-0.25, -0.2) is 0 Å². The monoisotopic (exact) mass is 395 g/mol. The number of rotatable bonds is 6. The minimum atomic E-state index is 0.117. The minimum absolute atomic E-state index is 0.117. The molecule has 0 unspecified atom stereocenters. The molecule has 6 nitrogen and oxygen atoms in total. The molecule has 140 valence electrons. The highest BCUT2D eigenvalue weighted by atomic mass is 35.5. The highest BCUT2D eigenvalue weighted by Crippen LogP contribution is 2.25. The zero-order valence-corrected chi connectivity index (χ0v) is 16.4. The Bertz CT molecular complexity index is 728. The molecule has 2 heterocycles. The standard InChI is InChI=1S/C18H22ClN3O3S/c1-12-4-3-5-13(2)22(12)17(23)11-26-18-21-20-16(25-18)10-24-15-8-6-14(19)7-9-15/h6-9,12-13H,3-5,10-11H2,1-2H3/t12-,13+. The third-order valence-corrected chi connectivity index (χ3v) is 5.48. The third kappa shape index (κ3) is 4.92. The van der Waals surface area contributed by atoms with E-state index < -0.39 is 0 Å². The predicted molar refractivity (Wildman–Crippen MR) is 100 cm³/mol. The van der Waals surface area contributed by atoms with Crippen LogP contribution in [-0.2, 0) is 11.4 Å². The van der Waals surface area contributed by atoms with Crippen LogP contribution in [-0.4, -0.2) is 38.8 Å². The molecular formula is C18H22ClN3O3S. The maximum absolute atomic E-state index is 12.5. The number of hydrogen-bond acceptors (Lipinski definition) is 6. The van der Waals surface area contributed by atoms with Gasteiger partial charge in [0.15, 0.2) is 6.61 Å². The zero-order chi connectivity index (χ0) is 18.5. The zero-order valence-electron chi connectivity index (χ0n) is 14.9. The van der Waals surface area contributed by atoms with E-state index in [1.807, 2.05) is 4.90 Å². The number of carbonyl (C=O) groups is 1. The third-order valence-electron chi connectivity index (χ3n) is 4.42. The first kappa shape index (κ1) is 19.0. The molecule has 1 fully saturated rings. The molecule has 1 amide bonds. The van der Waals surface area contributed by atoms with Crippen LogP contribution in [0.25, 0.3) is 0 Å². The van der Waals surface area contributed by atoms with Crippen LogP contribution >= 0.6 is 23.4 Å². The number of carbonyl (C=O) groups excluding carboxylic acids is 1. The highest BCUT2D eigenvalue weighted by molar-refractivity contribution is 7.99. The van der Waals surface area contributed by atoms with Crippen LogP contribution < -0.4 is 4.74 Å². The molecule has 0 saturated carbocycles. The summed E-state index contributed by atoms with van der Waals surface area (Å²) < 4.78 is 11.1. The summed E-state index contributed by atoms with van der Waals surface area (Å²) in [6, 6.07) is 7.62. The van der Waals surface area contributed by atoms with Crippen molar-refractivity contribution in [3.8, 4) is 5.75 Å². The SMILES string of the molecule is C[C@@H]1CCC[C@H](C)N1C(=O)CSc1nnc(COc2ccc(Cl)cc2)o1. The number of benzene rings is 1. The Hall–Kier alpha value is -1.73. The fraction of sp³-hybridized carbons (Fsp3) is 0.500. The molecule has 0 aliphatic carbocycles. The van der Waals surface area contributed by atoms with Gasteiger partial charge in [-0.2, -0.15) is 0 Å². The molecule has 2 atom stereocenters. The summed E-state index contributed by atoms with van der Waals surface area (Å²) in [6.07, 6.45) is 3.31. The van der Waals surface area contributed by atoms with E-state index >= 15 is 0 Å². The van der Waals surface area contributed by atoms with Gasteiger partial charge in [0.05, 0.1) is 5.75 Å². The molecule has 1 aliphatic rings. The number of piperidine rings is 1. The van der Waals surface area contributed by atoms with E-state index in [1.54, 1.807) is 24.3 Å². The van der Waals surface area contributed by atoms with Gasteiger partial charge < -0.3 is 14.1 Å². The fourth-order valence-electron chi connectivity index (χ4n) is 3.14. The van der Waals surface area contributed by atoms with Gasteiger partial charge in [0.25, 0.3) is 11.1 Å². The van der Waals surface area contributed by atoms with Gasteiger partial charge in [-0.3, -0.25) is 4.79 Å². The lowest BCUT2D eigenvalue weighted by Crippen LogP contribution is -2.48. The number of hydrogen-bond donors (Lipinski definition) is 0. The van der Waals surface area contributed by atoms with E-state index in [9.17, 15) is 4.79 Å². The smallest absolute Gasteiger partial charge is 0.277 e. The van der Waals surface area contributed by atoms with Crippen molar-refractivity contribution in [1.29, 1.82) is 0 Å². The van der Waals surface area contributed by atoms with Crippen molar-refractivity contribution in [3.05, 3.63) is 35.2 Å². The Morgan fingerprint density at radius 3 is 2.65 bits per heavy atom. The average molecular weight is 396 g/mol. The highest BCUT2D eigenvalue weighted by Gasteiger charge is 2.29. The van der Waals surface area contributed by atoms with Gasteiger partial charge in [0.1, 0.15) is 5.75 Å². The van der Waals surface area contributed by atoms with E-state index in [-0.39, 0.29) is 24.6 Å². The van der Waals surface area contributed by atoms with Crippen molar-refractivity contribution >= 4 is 29.3 Å². The van der Waals surface area contributed by atoms with Crippen LogP contribution in [0.3, 0.4) is 0 Å². The molecule has 1 saturated heterocycles. The Morgan fingerprint density at radius 1 is 1.27 bits per heavy atom. The summed E-state index contributed by atoms with van der Waals surface area (Å²) in [6.45, 7) is 4.39. The topological polar surface area (TPSA) is 68.5 Å². The first-order chi connectivity index (χ1) is 12.5. The van der Waals surface area contributed by atoms with Gasteiger partial charge in [-0.1, -0.05) is 23.4 Å². The quantitative estimate of drug-likeness (QED) is 0.683. The van der Waals surface area contributed by atoms with Gasteiger partial charge in [-0.15, -0.1) is 10.2 Å². The number of halogens is 1. The Balaban J connectivity index is 1.48. The lowest BCUT2D eigenvalue weighted by molar-refractivity contribution is -0.134. The van der Waals surface area contributed by atoms with Crippen LogP contribution in [0.5, 0.6) is 5.75 Å². The summed E-state index contributed by atoms with van der Waals surface area (Å²) in [5, 5.41) is 8.96. The molecular weight excluding hydrogens is 374 g/mol. The molecule has 26 heavy (non-hydrogen) atoms. The van der Waals surface area contributed by atoms with Crippen molar-refractivity contribution < 1.29 is 13.9 Å². The van der Waals surface area contributed by atoms with Crippen LogP contribution in [0.15, 0.2) is 33.9 Å². The van der Waals surface area contributed by atoms with E-state index in [1.165, 1.54) is 18.2 Å². The number of thioether (sulfide) groups is 1. The number of aromatic nitrogens is 2. The number of likely N-dealkylation sites (tertiary alicyclic amines) is 1. The Labute approximate surface area is 162 Å². The summed E-state index contributed by atoms with van der Waals surface area (Å²) in [5.74, 6) is 1.46. The summed E-state index contributed by atoms with van der Waals surface area (Å²) in [4.78, 5) is 14.5. The molecule has 0 spiro atoms. The van der Waals surface area contributed by atoms with Gasteiger partial charge in [0, 0.05) is 17.1 Å². The number of ether oxygens (including phenoxy) is 1. The molecule has 1 aromatic carbocycles. The average Bonchev–Trinajstić information content (AvgIpc) is 3.07. The normalized spacial score (nSPS) is 20.2. The molecule has 8 heteroatoms. The van der Waals surface area contributed by atoms with E-state index in [0.717, 1.165) is 12.8 Å². The summed E-state index contributed by atoms with van der Waals surface area (Å²) in [5.41, 5.74) is 0. The lowest BCUT2D eigenvalue weighted by Gasteiger charge is -2.39. The largest absolute Gasteiger partial charge is 0.484 e. The van der Waals surface area contributed by atoms with Crippen molar-refractivity contribution in [2.24, 2.45) is 0 Å². The van der Waals surface area contributed by atoms with Crippen LogP contribution in [0.4, 0.5) is 0 Å². The van der Waals surface area contributed by atoms with E-state index in [0.29, 0.717) is 27.6 Å². The summed E-state index contributed by atoms with van der Waals surface area (Å²) >= 11 is 7.10. The lowest BCUT2D eigenvalue weighted by atomic mass is 9.98. The summed E-state index contributed by atoms with van der Waals surface area (Å²) in [7, 11) is 0. The van der Waals surface area contributed by atoms with E-state index in [2.05, 4.69) is 24.0 Å². The first-order valence-electron chi connectivity index (χ1n) is 8.67. The van der Waals surface area contributed by atoms with Crippen molar-refractivity contribution in [2.75, 3.05) is 5.75 Å². The molecule has 0 bridgehead atoms. The number of amides is 1. The van der Waals surface area contributed by atoms with Crippen LogP contribution in [0.2, 0.25) is 5.02 Å². The Kier molecular flexibility index (Phi) is 6.43. The molecule has 2 aromatic rings. The second-order valence-corrected chi connectivity index (χ2v) is 7.79. The first-order valence-corrected chi connectivity index (χ1v) is 10.0. The number of nitrogens with zero attached hydrogens (tertiary/aromatic N) is 3. The van der Waals surface area contributed by atoms with Crippen molar-refractivity contribution in [3.63, 3.8) is 0 Å².